The van der Waals surface area contributed by atoms with Crippen LogP contribution < -0.4 is 0 Å². The van der Waals surface area contributed by atoms with Gasteiger partial charge in [-0.1, -0.05) is 53.2 Å². The van der Waals surface area contributed by atoms with E-state index in [9.17, 15) is 19.5 Å². The van der Waals surface area contributed by atoms with Crippen LogP contribution in [0.1, 0.15) is 18.4 Å². The smallest absolute Gasteiger partial charge is 0.326 e. The van der Waals surface area contributed by atoms with Gasteiger partial charge in [0.2, 0.25) is 0 Å². The van der Waals surface area contributed by atoms with E-state index in [4.69, 9.17) is 40.5 Å². The summed E-state index contributed by atoms with van der Waals surface area (Å²) in [4.78, 5) is 35.8. The van der Waals surface area contributed by atoms with Crippen LogP contribution in [0, 0.1) is 0 Å². The van der Waals surface area contributed by atoms with Crippen LogP contribution in [0.15, 0.2) is 23.1 Å². The number of rotatable bonds is 6. The quantitative estimate of drug-likeness (QED) is 0.537. The molecule has 0 spiro atoms. The molecule has 0 aliphatic carbocycles. The molecule has 1 fully saturated rings. The minimum absolute atomic E-state index is 0.0547. The third kappa shape index (κ3) is 4.72. The first-order valence-corrected chi connectivity index (χ1v) is 8.85. The maximum atomic E-state index is 12.6. The van der Waals surface area contributed by atoms with E-state index < -0.39 is 30.3 Å². The SMILES string of the molecule is O=C(O)CC[C@@H](C(=O)O)N1C(=O)/C(=C/c2ccc(Cl)cc2Cl)SC1=S. The molecule has 25 heavy (non-hydrogen) atoms. The summed E-state index contributed by atoms with van der Waals surface area (Å²) in [5.41, 5.74) is 0.531. The summed E-state index contributed by atoms with van der Waals surface area (Å²) >= 11 is 17.9. The van der Waals surface area contributed by atoms with Gasteiger partial charge in [-0.2, -0.15) is 0 Å². The molecule has 1 heterocycles. The normalized spacial score (nSPS) is 17.2. The number of aliphatic carboxylic acids is 2. The third-order valence-electron chi connectivity index (χ3n) is 3.30. The van der Waals surface area contributed by atoms with Crippen molar-refractivity contribution in [3.05, 3.63) is 38.7 Å². The molecule has 1 atom stereocenters. The van der Waals surface area contributed by atoms with Crippen molar-refractivity contribution in [1.82, 2.24) is 4.90 Å². The molecule has 0 radical (unpaired) electrons. The summed E-state index contributed by atoms with van der Waals surface area (Å²) in [6.07, 6.45) is 0.857. The van der Waals surface area contributed by atoms with Gasteiger partial charge in [0, 0.05) is 16.5 Å². The van der Waals surface area contributed by atoms with Crippen molar-refractivity contribution >= 4 is 75.4 Å². The number of hydrogen-bond donors (Lipinski definition) is 2. The molecule has 1 saturated heterocycles. The van der Waals surface area contributed by atoms with Crippen molar-refractivity contribution in [2.45, 2.75) is 18.9 Å². The number of hydrogen-bond acceptors (Lipinski definition) is 5. The Balaban J connectivity index is 2.30. The topological polar surface area (TPSA) is 94.9 Å². The van der Waals surface area contributed by atoms with Crippen molar-refractivity contribution in [2.75, 3.05) is 0 Å². The summed E-state index contributed by atoms with van der Waals surface area (Å²) < 4.78 is 0.0547. The second kappa shape index (κ2) is 8.18. The number of thiocarbonyl (C=S) groups is 1. The Kier molecular flexibility index (Phi) is 6.45. The largest absolute Gasteiger partial charge is 0.481 e. The Labute approximate surface area is 162 Å². The fraction of sp³-hybridized carbons (Fsp3) is 0.200. The number of thioether (sulfide) groups is 1. The lowest BCUT2D eigenvalue weighted by atomic mass is 10.1. The third-order valence-corrected chi connectivity index (χ3v) is 5.19. The molecule has 1 aliphatic heterocycles. The lowest BCUT2D eigenvalue weighted by Crippen LogP contribution is -2.44. The number of carboxylic acid groups (broad SMARTS) is 2. The van der Waals surface area contributed by atoms with Crippen LogP contribution in [-0.2, 0) is 14.4 Å². The minimum atomic E-state index is -1.34. The minimum Gasteiger partial charge on any atom is -0.481 e. The molecule has 0 saturated carbocycles. The van der Waals surface area contributed by atoms with Crippen molar-refractivity contribution < 1.29 is 24.6 Å². The number of carboxylic acids is 2. The van der Waals surface area contributed by atoms with Gasteiger partial charge in [0.1, 0.15) is 10.4 Å². The van der Waals surface area contributed by atoms with Crippen LogP contribution in [0.4, 0.5) is 0 Å². The van der Waals surface area contributed by atoms with Crippen molar-refractivity contribution in [3.8, 4) is 0 Å². The van der Waals surface area contributed by atoms with Gasteiger partial charge in [0.15, 0.2) is 0 Å². The molecule has 1 aromatic rings. The maximum Gasteiger partial charge on any atom is 0.326 e. The number of carbonyl (C=O) groups is 3. The molecular weight excluding hydrogens is 409 g/mol. The van der Waals surface area contributed by atoms with E-state index in [0.717, 1.165) is 16.7 Å². The Hall–Kier alpha value is -1.61. The molecule has 1 amide bonds. The van der Waals surface area contributed by atoms with Crippen molar-refractivity contribution in [2.24, 2.45) is 0 Å². The summed E-state index contributed by atoms with van der Waals surface area (Å²) in [5.74, 6) is -3.07. The van der Waals surface area contributed by atoms with Gasteiger partial charge in [-0.15, -0.1) is 0 Å². The van der Waals surface area contributed by atoms with Crippen LogP contribution in [0.2, 0.25) is 10.0 Å². The number of amides is 1. The molecule has 0 unspecified atom stereocenters. The standard InChI is InChI=1S/C15H11Cl2NO5S2/c16-8-2-1-7(9(17)6-8)5-11-13(21)18(15(24)25-11)10(14(22)23)3-4-12(19)20/h1-2,5-6,10H,3-4H2,(H,19,20)(H,22,23)/b11-5-/t10-/m0/s1. The zero-order chi connectivity index (χ0) is 18.7. The lowest BCUT2D eigenvalue weighted by Gasteiger charge is -2.22. The Morgan fingerprint density at radius 1 is 1.32 bits per heavy atom. The summed E-state index contributed by atoms with van der Waals surface area (Å²) in [6.45, 7) is 0. The maximum absolute atomic E-state index is 12.6. The number of carbonyl (C=O) groups excluding carboxylic acids is 1. The Morgan fingerprint density at radius 2 is 2.00 bits per heavy atom. The van der Waals surface area contributed by atoms with Gasteiger partial charge in [-0.25, -0.2) is 4.79 Å². The van der Waals surface area contributed by atoms with Crippen LogP contribution in [0.5, 0.6) is 0 Å². The van der Waals surface area contributed by atoms with Gasteiger partial charge in [0.05, 0.1) is 4.91 Å². The molecule has 2 rings (SSSR count). The monoisotopic (exact) mass is 419 g/mol. The first kappa shape index (κ1) is 19.7. The summed E-state index contributed by atoms with van der Waals surface area (Å²) in [5, 5.41) is 18.8. The number of nitrogens with zero attached hydrogens (tertiary/aromatic N) is 1. The number of halogens is 2. The fourth-order valence-electron chi connectivity index (χ4n) is 2.13. The summed E-state index contributed by atoms with van der Waals surface area (Å²) in [7, 11) is 0. The molecule has 1 aromatic carbocycles. The second-order valence-corrected chi connectivity index (χ2v) is 7.52. The molecule has 0 aromatic heterocycles. The van der Waals surface area contributed by atoms with E-state index in [1.165, 1.54) is 12.1 Å². The molecule has 1 aliphatic rings. The Bertz CT molecular complexity index is 796. The van der Waals surface area contributed by atoms with Gasteiger partial charge in [0.25, 0.3) is 5.91 Å². The van der Waals surface area contributed by atoms with Crippen LogP contribution in [0.25, 0.3) is 6.08 Å². The lowest BCUT2D eigenvalue weighted by molar-refractivity contribution is -0.146. The molecule has 2 N–H and O–H groups in total. The van der Waals surface area contributed by atoms with Gasteiger partial charge < -0.3 is 10.2 Å². The van der Waals surface area contributed by atoms with E-state index in [1.54, 1.807) is 12.1 Å². The first-order valence-electron chi connectivity index (χ1n) is 6.87. The van der Waals surface area contributed by atoms with Gasteiger partial charge in [-0.3, -0.25) is 14.5 Å². The van der Waals surface area contributed by atoms with E-state index in [2.05, 4.69) is 0 Å². The molecular formula is C15H11Cl2NO5S2. The van der Waals surface area contributed by atoms with E-state index in [1.807, 2.05) is 0 Å². The predicted molar refractivity (Wildman–Crippen MR) is 99.8 cm³/mol. The highest BCUT2D eigenvalue weighted by Gasteiger charge is 2.40. The van der Waals surface area contributed by atoms with Gasteiger partial charge >= 0.3 is 11.9 Å². The molecule has 0 bridgehead atoms. The van der Waals surface area contributed by atoms with Gasteiger partial charge in [-0.05, 0) is 30.2 Å². The van der Waals surface area contributed by atoms with Crippen molar-refractivity contribution in [3.63, 3.8) is 0 Å². The fourth-order valence-corrected chi connectivity index (χ4v) is 3.94. The average molecular weight is 420 g/mol. The molecule has 132 valence electrons. The first-order chi connectivity index (χ1) is 11.7. The summed E-state index contributed by atoms with van der Waals surface area (Å²) in [6, 6.07) is 3.40. The second-order valence-electron chi connectivity index (χ2n) is 5.00. The van der Waals surface area contributed by atoms with E-state index in [0.29, 0.717) is 15.6 Å². The zero-order valence-corrected chi connectivity index (χ0v) is 15.6. The van der Waals surface area contributed by atoms with Crippen LogP contribution in [0.3, 0.4) is 0 Å². The molecule has 10 heteroatoms. The van der Waals surface area contributed by atoms with Crippen LogP contribution in [-0.4, -0.2) is 43.3 Å². The highest BCUT2D eigenvalue weighted by atomic mass is 35.5. The predicted octanol–water partition coefficient (Wildman–Crippen LogP) is 3.51. The van der Waals surface area contributed by atoms with E-state index >= 15 is 0 Å². The molecule has 6 nitrogen and oxygen atoms in total. The van der Waals surface area contributed by atoms with Crippen molar-refractivity contribution in [1.29, 1.82) is 0 Å². The highest BCUT2D eigenvalue weighted by molar-refractivity contribution is 8.26. The Morgan fingerprint density at radius 3 is 2.56 bits per heavy atom. The highest BCUT2D eigenvalue weighted by Crippen LogP contribution is 2.36. The van der Waals surface area contributed by atoms with Crippen LogP contribution >= 0.6 is 47.2 Å². The average Bonchev–Trinajstić information content (AvgIpc) is 2.77. The number of benzene rings is 1. The van der Waals surface area contributed by atoms with E-state index in [-0.39, 0.29) is 15.6 Å². The zero-order valence-electron chi connectivity index (χ0n) is 12.4.